The van der Waals surface area contributed by atoms with E-state index in [0.29, 0.717) is 17.7 Å². The molecule has 3 aromatic rings. The van der Waals surface area contributed by atoms with Crippen LogP contribution < -0.4 is 5.32 Å². The molecule has 4 rings (SSSR count). The maximum atomic E-state index is 12.9. The van der Waals surface area contributed by atoms with Gasteiger partial charge in [0.25, 0.3) is 5.91 Å². The van der Waals surface area contributed by atoms with Crippen molar-refractivity contribution in [2.24, 2.45) is 0 Å². The van der Waals surface area contributed by atoms with Gasteiger partial charge in [-0.15, -0.1) is 5.10 Å². The second kappa shape index (κ2) is 8.64. The highest BCUT2D eigenvalue weighted by Gasteiger charge is 2.23. The van der Waals surface area contributed by atoms with Crippen LogP contribution in [0.2, 0.25) is 0 Å². The molecule has 29 heavy (non-hydrogen) atoms. The second-order valence-electron chi connectivity index (χ2n) is 7.06. The smallest absolute Gasteiger partial charge is 0.253 e. The number of hydrogen-bond acceptors (Lipinski definition) is 5. The minimum Gasteiger partial charge on any atom is -0.339 e. The molecule has 0 saturated carbocycles. The Morgan fingerprint density at radius 3 is 2.38 bits per heavy atom. The van der Waals surface area contributed by atoms with E-state index in [0.717, 1.165) is 31.5 Å². The van der Waals surface area contributed by atoms with E-state index in [4.69, 9.17) is 0 Å². The number of rotatable bonds is 6. The van der Waals surface area contributed by atoms with Gasteiger partial charge in [-0.05, 0) is 53.1 Å². The van der Waals surface area contributed by atoms with Gasteiger partial charge in [-0.2, -0.15) is 0 Å². The van der Waals surface area contributed by atoms with Crippen LogP contribution in [-0.2, 0) is 11.2 Å². The first-order chi connectivity index (χ1) is 14.2. The van der Waals surface area contributed by atoms with Crippen molar-refractivity contribution >= 4 is 17.5 Å². The number of carbonyl (C=O) groups excluding carboxylic acids is 2. The summed E-state index contributed by atoms with van der Waals surface area (Å²) < 4.78 is 1.45. The van der Waals surface area contributed by atoms with Crippen molar-refractivity contribution in [2.75, 3.05) is 18.4 Å². The molecule has 1 aliphatic heterocycles. The van der Waals surface area contributed by atoms with Crippen molar-refractivity contribution in [1.29, 1.82) is 0 Å². The van der Waals surface area contributed by atoms with Crippen molar-refractivity contribution < 1.29 is 9.59 Å². The van der Waals surface area contributed by atoms with Crippen LogP contribution in [0, 0.1) is 0 Å². The summed E-state index contributed by atoms with van der Waals surface area (Å²) in [5.74, 6) is -0.184. The molecule has 2 amide bonds. The van der Waals surface area contributed by atoms with E-state index in [1.54, 1.807) is 24.3 Å². The Hall–Kier alpha value is -3.55. The quantitative estimate of drug-likeness (QED) is 0.697. The number of amides is 2. The van der Waals surface area contributed by atoms with Crippen LogP contribution >= 0.6 is 0 Å². The number of likely N-dealkylation sites (tertiary alicyclic amines) is 1. The first-order valence-electron chi connectivity index (χ1n) is 9.67. The lowest BCUT2D eigenvalue weighted by atomic mass is 10.1. The molecule has 1 aliphatic rings. The van der Waals surface area contributed by atoms with Crippen LogP contribution in [0.5, 0.6) is 0 Å². The predicted octanol–water partition coefficient (Wildman–Crippen LogP) is 2.33. The van der Waals surface area contributed by atoms with Gasteiger partial charge in [0.05, 0.1) is 0 Å². The van der Waals surface area contributed by atoms with Gasteiger partial charge in [-0.25, -0.2) is 4.68 Å². The van der Waals surface area contributed by atoms with Crippen molar-refractivity contribution in [1.82, 2.24) is 25.1 Å². The molecule has 0 radical (unpaired) electrons. The van der Waals surface area contributed by atoms with Gasteiger partial charge in [0.1, 0.15) is 12.4 Å². The molecule has 1 unspecified atom stereocenters. The number of tetrazole rings is 1. The van der Waals surface area contributed by atoms with Crippen LogP contribution in [0.3, 0.4) is 0 Å². The molecular formula is C21H22N6O2. The van der Waals surface area contributed by atoms with Gasteiger partial charge in [-0.3, -0.25) is 9.59 Å². The molecule has 2 heterocycles. The van der Waals surface area contributed by atoms with E-state index in [2.05, 4.69) is 20.8 Å². The van der Waals surface area contributed by atoms with Gasteiger partial charge >= 0.3 is 0 Å². The fourth-order valence-electron chi connectivity index (χ4n) is 3.48. The highest BCUT2D eigenvalue weighted by atomic mass is 16.2. The van der Waals surface area contributed by atoms with Crippen LogP contribution in [0.15, 0.2) is 60.9 Å². The minimum atomic E-state index is -0.585. The molecular weight excluding hydrogens is 368 g/mol. The number of aromatic nitrogens is 4. The third-order valence-corrected chi connectivity index (χ3v) is 5.05. The summed E-state index contributed by atoms with van der Waals surface area (Å²) in [4.78, 5) is 27.3. The summed E-state index contributed by atoms with van der Waals surface area (Å²) in [6, 6.07) is 16.1. The molecule has 0 bridgehead atoms. The lowest BCUT2D eigenvalue weighted by Gasteiger charge is -2.17. The molecule has 0 spiro atoms. The molecule has 0 aliphatic carbocycles. The van der Waals surface area contributed by atoms with Crippen molar-refractivity contribution in [3.05, 3.63) is 72.1 Å². The number of hydrogen-bond donors (Lipinski definition) is 1. The van der Waals surface area contributed by atoms with Gasteiger partial charge in [-0.1, -0.05) is 30.3 Å². The lowest BCUT2D eigenvalue weighted by molar-refractivity contribution is -0.119. The SMILES string of the molecule is O=C(Nc1ccc(C(=O)N2CCCC2)cc1)C(Cc1ccccc1)n1cnnn1. The lowest BCUT2D eigenvalue weighted by Crippen LogP contribution is -2.29. The monoisotopic (exact) mass is 390 g/mol. The molecule has 1 N–H and O–H groups in total. The van der Waals surface area contributed by atoms with Crippen molar-refractivity contribution in [3.8, 4) is 0 Å². The van der Waals surface area contributed by atoms with Crippen molar-refractivity contribution in [2.45, 2.75) is 25.3 Å². The minimum absolute atomic E-state index is 0.0380. The summed E-state index contributed by atoms with van der Waals surface area (Å²) in [7, 11) is 0. The van der Waals surface area contributed by atoms with Gasteiger partial charge in [0, 0.05) is 30.8 Å². The molecule has 148 valence electrons. The Balaban J connectivity index is 1.46. The summed E-state index contributed by atoms with van der Waals surface area (Å²) >= 11 is 0. The maximum Gasteiger partial charge on any atom is 0.253 e. The Kier molecular flexibility index (Phi) is 5.60. The predicted molar refractivity (Wildman–Crippen MR) is 107 cm³/mol. The Morgan fingerprint density at radius 2 is 1.72 bits per heavy atom. The zero-order valence-corrected chi connectivity index (χ0v) is 15.9. The van der Waals surface area contributed by atoms with Crippen LogP contribution in [0.25, 0.3) is 0 Å². The Morgan fingerprint density at radius 1 is 1.00 bits per heavy atom. The van der Waals surface area contributed by atoms with Crippen LogP contribution in [0.4, 0.5) is 5.69 Å². The number of anilines is 1. The van der Waals surface area contributed by atoms with E-state index in [9.17, 15) is 9.59 Å². The third kappa shape index (κ3) is 4.48. The fourth-order valence-corrected chi connectivity index (χ4v) is 3.48. The number of benzene rings is 2. The average molecular weight is 390 g/mol. The third-order valence-electron chi connectivity index (χ3n) is 5.05. The molecule has 1 fully saturated rings. The van der Waals surface area contributed by atoms with Gasteiger partial charge < -0.3 is 10.2 Å². The molecule has 2 aromatic carbocycles. The standard InChI is InChI=1S/C21H22N6O2/c28-20(19(27-15-22-24-25-27)14-16-6-2-1-3-7-16)23-18-10-8-17(9-11-18)21(29)26-12-4-5-13-26/h1-3,6-11,15,19H,4-5,12-14H2,(H,23,28). The molecule has 1 aromatic heterocycles. The molecule has 8 nitrogen and oxygen atoms in total. The summed E-state index contributed by atoms with van der Waals surface area (Å²) in [5.41, 5.74) is 2.26. The van der Waals surface area contributed by atoms with Crippen LogP contribution in [0.1, 0.15) is 34.8 Å². The zero-order chi connectivity index (χ0) is 20.1. The normalized spacial score (nSPS) is 14.6. The maximum absolute atomic E-state index is 12.9. The Bertz CT molecular complexity index is 951. The summed E-state index contributed by atoms with van der Waals surface area (Å²) in [6.07, 6.45) is 4.01. The first-order valence-corrected chi connectivity index (χ1v) is 9.67. The summed E-state index contributed by atoms with van der Waals surface area (Å²) in [5, 5.41) is 14.1. The molecule has 1 saturated heterocycles. The van der Waals surface area contributed by atoms with E-state index in [1.165, 1.54) is 11.0 Å². The summed E-state index contributed by atoms with van der Waals surface area (Å²) in [6.45, 7) is 1.62. The zero-order valence-electron chi connectivity index (χ0n) is 15.9. The largest absolute Gasteiger partial charge is 0.339 e. The van der Waals surface area contributed by atoms with Crippen LogP contribution in [-0.4, -0.2) is 50.0 Å². The fraction of sp³-hybridized carbons (Fsp3) is 0.286. The highest BCUT2D eigenvalue weighted by Crippen LogP contribution is 2.18. The van der Waals surface area contributed by atoms with E-state index in [1.807, 2.05) is 35.2 Å². The topological polar surface area (TPSA) is 93.0 Å². The first kappa shape index (κ1) is 18.8. The number of nitrogens with one attached hydrogen (secondary N) is 1. The van der Waals surface area contributed by atoms with Crippen molar-refractivity contribution in [3.63, 3.8) is 0 Å². The number of nitrogens with zero attached hydrogens (tertiary/aromatic N) is 5. The van der Waals surface area contributed by atoms with E-state index < -0.39 is 6.04 Å². The van der Waals surface area contributed by atoms with Gasteiger partial charge in [0.15, 0.2) is 0 Å². The molecule has 1 atom stereocenters. The number of carbonyl (C=O) groups is 2. The van der Waals surface area contributed by atoms with E-state index >= 15 is 0 Å². The van der Waals surface area contributed by atoms with Gasteiger partial charge in [0.2, 0.25) is 5.91 Å². The van der Waals surface area contributed by atoms with E-state index in [-0.39, 0.29) is 11.8 Å². The second-order valence-corrected chi connectivity index (χ2v) is 7.06. The molecule has 8 heteroatoms. The average Bonchev–Trinajstić information content (AvgIpc) is 3.47. The Labute approximate surface area is 168 Å². The highest BCUT2D eigenvalue weighted by molar-refractivity contribution is 5.96.